The summed E-state index contributed by atoms with van der Waals surface area (Å²) in [5.41, 5.74) is 0.899. The van der Waals surface area contributed by atoms with Crippen LogP contribution in [0, 0.1) is 12.8 Å². The number of rotatable bonds is 3. The van der Waals surface area contributed by atoms with E-state index in [4.69, 9.17) is 0 Å². The van der Waals surface area contributed by atoms with Crippen LogP contribution in [-0.4, -0.2) is 30.0 Å². The lowest BCUT2D eigenvalue weighted by molar-refractivity contribution is 0.0918. The molecule has 1 aromatic heterocycles. The molecule has 2 aliphatic rings. The van der Waals surface area contributed by atoms with Gasteiger partial charge in [0.25, 0.3) is 5.91 Å². The smallest absolute Gasteiger partial charge is 0.263 e. The van der Waals surface area contributed by atoms with Gasteiger partial charge < -0.3 is 10.6 Å². The molecule has 1 amide bonds. The van der Waals surface area contributed by atoms with E-state index in [0.29, 0.717) is 11.8 Å². The molecule has 1 saturated carbocycles. The maximum absolute atomic E-state index is 12.5. The normalized spacial score (nSPS) is 27.0. The molecule has 3 rings (SSSR count). The lowest BCUT2D eigenvalue weighted by Crippen LogP contribution is -2.50. The first-order valence-electron chi connectivity index (χ1n) is 8.14. The number of carbonyl (C=O) groups excluding carboxylic acids is 1. The number of amides is 1. The largest absolute Gasteiger partial charge is 0.347 e. The summed E-state index contributed by atoms with van der Waals surface area (Å²) in [5, 5.41) is 7.73. The second-order valence-corrected chi connectivity index (χ2v) is 7.53. The van der Waals surface area contributed by atoms with Crippen LogP contribution in [0.2, 0.25) is 0 Å². The van der Waals surface area contributed by atoms with Gasteiger partial charge in [-0.1, -0.05) is 19.8 Å². The monoisotopic (exact) mass is 307 g/mol. The van der Waals surface area contributed by atoms with Gasteiger partial charge in [0, 0.05) is 18.5 Å². The zero-order valence-corrected chi connectivity index (χ0v) is 13.8. The predicted molar refractivity (Wildman–Crippen MR) is 86.0 cm³/mol. The first kappa shape index (κ1) is 15.0. The van der Waals surface area contributed by atoms with E-state index in [1.54, 1.807) is 11.3 Å². The van der Waals surface area contributed by atoms with E-state index in [1.165, 1.54) is 30.7 Å². The van der Waals surface area contributed by atoms with Gasteiger partial charge in [0.2, 0.25) is 0 Å². The van der Waals surface area contributed by atoms with E-state index in [9.17, 15) is 4.79 Å². The fourth-order valence-corrected chi connectivity index (χ4v) is 4.53. The Labute approximate surface area is 130 Å². The van der Waals surface area contributed by atoms with Crippen LogP contribution in [0.1, 0.15) is 65.3 Å². The number of aryl methyl sites for hydroxylation is 1. The molecule has 2 heterocycles. The maximum atomic E-state index is 12.5. The molecule has 2 unspecified atom stereocenters. The van der Waals surface area contributed by atoms with Crippen LogP contribution in [0.4, 0.5) is 0 Å². The SMILES string of the molecule is Cc1nc(C2CCCC2)sc1C(=O)NC1CNCCC1C. The standard InChI is InChI=1S/C16H25N3OS/c1-10-7-8-17-9-13(10)19-15(20)14-11(2)18-16(21-14)12-5-3-4-6-12/h10,12-13,17H,3-9H2,1-2H3,(H,19,20). The number of nitrogens with zero attached hydrogens (tertiary/aromatic N) is 1. The van der Waals surface area contributed by atoms with Crippen molar-refractivity contribution in [1.82, 2.24) is 15.6 Å². The molecule has 0 spiro atoms. The fourth-order valence-electron chi connectivity index (χ4n) is 3.39. The Morgan fingerprint density at radius 1 is 1.33 bits per heavy atom. The zero-order chi connectivity index (χ0) is 14.8. The molecule has 21 heavy (non-hydrogen) atoms. The number of hydrogen-bond acceptors (Lipinski definition) is 4. The number of piperidine rings is 1. The molecule has 0 radical (unpaired) electrons. The van der Waals surface area contributed by atoms with Crippen molar-refractivity contribution in [1.29, 1.82) is 0 Å². The minimum Gasteiger partial charge on any atom is -0.347 e. The van der Waals surface area contributed by atoms with Crippen molar-refractivity contribution in [3.63, 3.8) is 0 Å². The lowest BCUT2D eigenvalue weighted by Gasteiger charge is -2.30. The van der Waals surface area contributed by atoms with Crippen molar-refractivity contribution in [3.05, 3.63) is 15.6 Å². The molecule has 0 aromatic carbocycles. The molecule has 5 heteroatoms. The summed E-state index contributed by atoms with van der Waals surface area (Å²) in [6.45, 7) is 6.11. The highest BCUT2D eigenvalue weighted by atomic mass is 32.1. The van der Waals surface area contributed by atoms with Gasteiger partial charge in [0.1, 0.15) is 4.88 Å². The molecule has 0 bridgehead atoms. The van der Waals surface area contributed by atoms with E-state index in [0.717, 1.165) is 30.1 Å². The molecule has 2 atom stereocenters. The van der Waals surface area contributed by atoms with Crippen LogP contribution < -0.4 is 10.6 Å². The predicted octanol–water partition coefficient (Wildman–Crippen LogP) is 2.84. The highest BCUT2D eigenvalue weighted by Gasteiger charge is 2.27. The molecule has 2 N–H and O–H groups in total. The average Bonchev–Trinajstić information content (AvgIpc) is 3.10. The molecule has 4 nitrogen and oxygen atoms in total. The summed E-state index contributed by atoms with van der Waals surface area (Å²) < 4.78 is 0. The number of thiazole rings is 1. The van der Waals surface area contributed by atoms with Crippen molar-refractivity contribution in [2.24, 2.45) is 5.92 Å². The molecule has 1 aliphatic carbocycles. The third-order valence-electron chi connectivity index (χ3n) is 4.87. The van der Waals surface area contributed by atoms with E-state index in [-0.39, 0.29) is 11.9 Å². The highest BCUT2D eigenvalue weighted by molar-refractivity contribution is 7.13. The van der Waals surface area contributed by atoms with Gasteiger partial charge in [-0.15, -0.1) is 11.3 Å². The van der Waals surface area contributed by atoms with Gasteiger partial charge in [-0.2, -0.15) is 0 Å². The second-order valence-electron chi connectivity index (χ2n) is 6.50. The number of hydrogen-bond donors (Lipinski definition) is 2. The summed E-state index contributed by atoms with van der Waals surface area (Å²) in [7, 11) is 0. The van der Waals surface area contributed by atoms with Gasteiger partial charge >= 0.3 is 0 Å². The Morgan fingerprint density at radius 2 is 2.10 bits per heavy atom. The highest BCUT2D eigenvalue weighted by Crippen LogP contribution is 2.37. The van der Waals surface area contributed by atoms with Crippen molar-refractivity contribution >= 4 is 17.2 Å². The van der Waals surface area contributed by atoms with Gasteiger partial charge in [-0.3, -0.25) is 4.79 Å². The summed E-state index contributed by atoms with van der Waals surface area (Å²) in [5.74, 6) is 1.19. The van der Waals surface area contributed by atoms with Crippen LogP contribution in [0.15, 0.2) is 0 Å². The van der Waals surface area contributed by atoms with Crippen molar-refractivity contribution in [2.75, 3.05) is 13.1 Å². The first-order chi connectivity index (χ1) is 10.1. The zero-order valence-electron chi connectivity index (χ0n) is 12.9. The lowest BCUT2D eigenvalue weighted by atomic mass is 9.95. The Morgan fingerprint density at radius 3 is 2.81 bits per heavy atom. The van der Waals surface area contributed by atoms with E-state index in [2.05, 4.69) is 22.5 Å². The van der Waals surface area contributed by atoms with Crippen LogP contribution >= 0.6 is 11.3 Å². The average molecular weight is 307 g/mol. The Hall–Kier alpha value is -0.940. The Bertz CT molecular complexity index is 508. The van der Waals surface area contributed by atoms with Crippen LogP contribution in [0.5, 0.6) is 0 Å². The van der Waals surface area contributed by atoms with Crippen molar-refractivity contribution < 1.29 is 4.79 Å². The molecule has 1 aliphatic heterocycles. The third-order valence-corrected chi connectivity index (χ3v) is 6.19. The van der Waals surface area contributed by atoms with Crippen LogP contribution in [-0.2, 0) is 0 Å². The molecule has 1 saturated heterocycles. The molecular weight excluding hydrogens is 282 g/mol. The summed E-state index contributed by atoms with van der Waals surface area (Å²) in [6, 6.07) is 0.239. The van der Waals surface area contributed by atoms with Gasteiger partial charge in [-0.05, 0) is 38.6 Å². The Kier molecular flexibility index (Phi) is 4.60. The summed E-state index contributed by atoms with van der Waals surface area (Å²) in [6.07, 6.45) is 6.20. The number of carbonyl (C=O) groups is 1. The van der Waals surface area contributed by atoms with Crippen LogP contribution in [0.3, 0.4) is 0 Å². The minimum absolute atomic E-state index is 0.0646. The van der Waals surface area contributed by atoms with Crippen molar-refractivity contribution in [3.8, 4) is 0 Å². The fraction of sp³-hybridized carbons (Fsp3) is 0.750. The quantitative estimate of drug-likeness (QED) is 0.903. The Balaban J connectivity index is 1.69. The van der Waals surface area contributed by atoms with Gasteiger partial charge in [-0.25, -0.2) is 4.98 Å². The number of nitrogens with one attached hydrogen (secondary N) is 2. The van der Waals surface area contributed by atoms with E-state index < -0.39 is 0 Å². The van der Waals surface area contributed by atoms with Crippen LogP contribution in [0.25, 0.3) is 0 Å². The summed E-state index contributed by atoms with van der Waals surface area (Å²) >= 11 is 1.61. The van der Waals surface area contributed by atoms with Gasteiger partial charge in [0.05, 0.1) is 10.7 Å². The second kappa shape index (κ2) is 6.44. The van der Waals surface area contributed by atoms with Crippen molar-refractivity contribution in [2.45, 2.75) is 57.9 Å². The minimum atomic E-state index is 0.0646. The number of aromatic nitrogens is 1. The van der Waals surface area contributed by atoms with E-state index >= 15 is 0 Å². The topological polar surface area (TPSA) is 54.0 Å². The van der Waals surface area contributed by atoms with Gasteiger partial charge in [0.15, 0.2) is 0 Å². The molecule has 1 aromatic rings. The summed E-state index contributed by atoms with van der Waals surface area (Å²) in [4.78, 5) is 18.0. The third kappa shape index (κ3) is 3.29. The van der Waals surface area contributed by atoms with E-state index in [1.807, 2.05) is 6.92 Å². The molecule has 116 valence electrons. The molecule has 2 fully saturated rings. The molecular formula is C16H25N3OS. The first-order valence-corrected chi connectivity index (χ1v) is 8.95. The maximum Gasteiger partial charge on any atom is 0.263 e.